The number of carbonyl (C=O) groups is 2. The Morgan fingerprint density at radius 1 is 0.821 bits per heavy atom. The molecule has 10 heteroatoms. The minimum absolute atomic E-state index is 0.215. The summed E-state index contributed by atoms with van der Waals surface area (Å²) in [5, 5.41) is 22.5. The van der Waals surface area contributed by atoms with Gasteiger partial charge in [-0.2, -0.15) is 0 Å². The summed E-state index contributed by atoms with van der Waals surface area (Å²) in [6, 6.07) is 1.91. The number of unbranched alkanes of at least 4 members (excludes halogenated alkanes) is 3. The lowest BCUT2D eigenvalue weighted by Crippen LogP contribution is -2.44. The lowest BCUT2D eigenvalue weighted by atomic mass is 10.2. The van der Waals surface area contributed by atoms with Crippen molar-refractivity contribution >= 4 is 28.8 Å². The first-order valence-electron chi connectivity index (χ1n) is 10.3. The van der Waals surface area contributed by atoms with Gasteiger partial charge in [-0.1, -0.05) is 12.8 Å². The second kappa shape index (κ2) is 14.8. The number of alkyl carbamates (subject to hydrolysis) is 1. The summed E-state index contributed by atoms with van der Waals surface area (Å²) in [5.41, 5.74) is 0. The highest BCUT2D eigenvalue weighted by Crippen LogP contribution is 2.23. The average molecular weight is 437 g/mol. The number of rotatable bonds is 16. The van der Waals surface area contributed by atoms with Crippen LogP contribution in [0.3, 0.4) is 0 Å². The standard InChI is InChI=1S/C18H40N2O6Si2/c1-27(2,15-9-13-21)26-28(3,4)16-10-14-25-18(24)20-12-8-6-5-7-11-19-17(22)23/h19,21H,5-16H2,1-4H3,(H,20,24)(H,22,23). The van der Waals surface area contributed by atoms with E-state index in [0.717, 1.165) is 50.6 Å². The number of nitrogens with one attached hydrogen (secondary N) is 2. The van der Waals surface area contributed by atoms with Crippen molar-refractivity contribution in [1.29, 1.82) is 0 Å². The molecule has 0 aliphatic rings. The van der Waals surface area contributed by atoms with Gasteiger partial charge in [0.15, 0.2) is 16.6 Å². The Hall–Kier alpha value is -1.11. The summed E-state index contributed by atoms with van der Waals surface area (Å²) in [6.07, 6.45) is 3.74. The molecule has 0 aromatic carbocycles. The molecule has 0 aromatic heterocycles. The molecule has 4 N–H and O–H groups in total. The zero-order valence-electron chi connectivity index (χ0n) is 18.0. The van der Waals surface area contributed by atoms with E-state index in [4.69, 9.17) is 19.1 Å². The van der Waals surface area contributed by atoms with Gasteiger partial charge in [0.05, 0.1) is 6.61 Å². The fourth-order valence-electron chi connectivity index (χ4n) is 3.06. The van der Waals surface area contributed by atoms with Gasteiger partial charge in [0.25, 0.3) is 0 Å². The Balaban J connectivity index is 3.71. The van der Waals surface area contributed by atoms with Crippen molar-refractivity contribution in [3.8, 4) is 0 Å². The largest absolute Gasteiger partial charge is 0.465 e. The van der Waals surface area contributed by atoms with Gasteiger partial charge < -0.3 is 29.7 Å². The predicted molar refractivity (Wildman–Crippen MR) is 116 cm³/mol. The number of aliphatic hydroxyl groups excluding tert-OH is 1. The van der Waals surface area contributed by atoms with Crippen LogP contribution in [0, 0.1) is 0 Å². The van der Waals surface area contributed by atoms with Crippen molar-refractivity contribution in [3.63, 3.8) is 0 Å². The van der Waals surface area contributed by atoms with E-state index >= 15 is 0 Å². The molecule has 0 fully saturated rings. The van der Waals surface area contributed by atoms with Crippen LogP contribution in [0.4, 0.5) is 9.59 Å². The number of hydrogen-bond acceptors (Lipinski definition) is 5. The summed E-state index contributed by atoms with van der Waals surface area (Å²) < 4.78 is 11.7. The van der Waals surface area contributed by atoms with Crippen molar-refractivity contribution in [2.75, 3.05) is 26.3 Å². The highest BCUT2D eigenvalue weighted by molar-refractivity contribution is 6.84. The van der Waals surface area contributed by atoms with Crippen LogP contribution in [-0.4, -0.2) is 65.3 Å². The van der Waals surface area contributed by atoms with Gasteiger partial charge in [0.2, 0.25) is 0 Å². The molecule has 166 valence electrons. The maximum Gasteiger partial charge on any atom is 0.407 e. The third kappa shape index (κ3) is 17.0. The van der Waals surface area contributed by atoms with E-state index in [9.17, 15) is 9.59 Å². The molecule has 0 atom stereocenters. The van der Waals surface area contributed by atoms with Gasteiger partial charge in [-0.05, 0) is 64.0 Å². The van der Waals surface area contributed by atoms with E-state index in [0.29, 0.717) is 19.7 Å². The molecule has 0 heterocycles. The molecule has 2 amide bonds. The smallest absolute Gasteiger partial charge is 0.407 e. The highest BCUT2D eigenvalue weighted by Gasteiger charge is 2.32. The second-order valence-corrected chi connectivity index (χ2v) is 17.1. The monoisotopic (exact) mass is 436 g/mol. The first-order chi connectivity index (χ1) is 13.1. The van der Waals surface area contributed by atoms with E-state index in [1.54, 1.807) is 0 Å². The van der Waals surface area contributed by atoms with Crippen LogP contribution in [0.15, 0.2) is 0 Å². The zero-order chi connectivity index (χ0) is 21.5. The molecule has 0 saturated heterocycles. The molecule has 0 aliphatic heterocycles. The Bertz CT molecular complexity index is 450. The van der Waals surface area contributed by atoms with Crippen LogP contribution < -0.4 is 10.6 Å². The molecule has 0 aromatic rings. The number of amides is 2. The van der Waals surface area contributed by atoms with Gasteiger partial charge in [-0.15, -0.1) is 0 Å². The normalized spacial score (nSPS) is 11.9. The maximum absolute atomic E-state index is 11.7. The van der Waals surface area contributed by atoms with Crippen molar-refractivity contribution in [2.45, 2.75) is 76.8 Å². The fraction of sp³-hybridized carbons (Fsp3) is 0.889. The van der Waals surface area contributed by atoms with E-state index in [1.165, 1.54) is 0 Å². The topological polar surface area (TPSA) is 117 Å². The summed E-state index contributed by atoms with van der Waals surface area (Å²) in [7, 11) is -3.52. The average Bonchev–Trinajstić information content (AvgIpc) is 2.58. The molecule has 0 saturated carbocycles. The number of carbonyl (C=O) groups excluding carboxylic acids is 1. The van der Waals surface area contributed by atoms with Crippen LogP contribution >= 0.6 is 0 Å². The molecule has 0 unspecified atom stereocenters. The van der Waals surface area contributed by atoms with Crippen LogP contribution in [0.25, 0.3) is 0 Å². The third-order valence-corrected chi connectivity index (χ3v) is 11.8. The minimum Gasteiger partial charge on any atom is -0.465 e. The minimum atomic E-state index is -1.79. The molecular formula is C18H40N2O6Si2. The molecule has 28 heavy (non-hydrogen) atoms. The van der Waals surface area contributed by atoms with Crippen LogP contribution in [0.2, 0.25) is 38.3 Å². The first kappa shape index (κ1) is 26.9. The summed E-state index contributed by atoms with van der Waals surface area (Å²) in [5.74, 6) is 0. The molecule has 0 bridgehead atoms. The first-order valence-corrected chi connectivity index (χ1v) is 16.5. The summed E-state index contributed by atoms with van der Waals surface area (Å²) >= 11 is 0. The van der Waals surface area contributed by atoms with Crippen LogP contribution in [-0.2, 0) is 8.85 Å². The van der Waals surface area contributed by atoms with Crippen molar-refractivity contribution in [2.24, 2.45) is 0 Å². The van der Waals surface area contributed by atoms with Gasteiger partial charge in [-0.3, -0.25) is 0 Å². The number of carboxylic acid groups (broad SMARTS) is 1. The Kier molecular flexibility index (Phi) is 14.2. The quantitative estimate of drug-likeness (QED) is 0.216. The lowest BCUT2D eigenvalue weighted by molar-refractivity contribution is 0.145. The molecule has 0 spiro atoms. The number of ether oxygens (including phenoxy) is 1. The SMILES string of the molecule is C[Si](C)(CCCO)O[Si](C)(C)CCCOC(=O)NCCCCCCNC(=O)O. The van der Waals surface area contributed by atoms with Crippen molar-refractivity contribution < 1.29 is 28.7 Å². The highest BCUT2D eigenvalue weighted by atomic mass is 28.4. The second-order valence-electron chi connectivity index (χ2n) is 8.26. The summed E-state index contributed by atoms with van der Waals surface area (Å²) in [6.45, 7) is 10.4. The van der Waals surface area contributed by atoms with Gasteiger partial charge >= 0.3 is 12.2 Å². The van der Waals surface area contributed by atoms with Crippen molar-refractivity contribution in [1.82, 2.24) is 10.6 Å². The Labute approximate surface area is 171 Å². The molecular weight excluding hydrogens is 396 g/mol. The van der Waals surface area contributed by atoms with E-state index in [-0.39, 0.29) is 12.7 Å². The molecule has 0 rings (SSSR count). The van der Waals surface area contributed by atoms with Crippen LogP contribution in [0.1, 0.15) is 38.5 Å². The van der Waals surface area contributed by atoms with Crippen molar-refractivity contribution in [3.05, 3.63) is 0 Å². The van der Waals surface area contributed by atoms with E-state index in [2.05, 4.69) is 36.8 Å². The molecule has 0 radical (unpaired) electrons. The Morgan fingerprint density at radius 2 is 1.36 bits per heavy atom. The third-order valence-electron chi connectivity index (χ3n) is 4.29. The number of hydrogen-bond donors (Lipinski definition) is 4. The fourth-order valence-corrected chi connectivity index (χ4v) is 11.9. The van der Waals surface area contributed by atoms with Gasteiger partial charge in [0, 0.05) is 19.7 Å². The van der Waals surface area contributed by atoms with Gasteiger partial charge in [-0.25, -0.2) is 9.59 Å². The van der Waals surface area contributed by atoms with E-state index in [1.807, 2.05) is 0 Å². The lowest BCUT2D eigenvalue weighted by Gasteiger charge is -2.34. The maximum atomic E-state index is 11.7. The van der Waals surface area contributed by atoms with Gasteiger partial charge in [0.1, 0.15) is 0 Å². The summed E-state index contributed by atoms with van der Waals surface area (Å²) in [4.78, 5) is 22.0. The zero-order valence-corrected chi connectivity index (χ0v) is 20.0. The molecule has 8 nitrogen and oxygen atoms in total. The number of aliphatic hydroxyl groups is 1. The predicted octanol–water partition coefficient (Wildman–Crippen LogP) is 3.74. The van der Waals surface area contributed by atoms with E-state index < -0.39 is 22.7 Å². The van der Waals surface area contributed by atoms with Crippen LogP contribution in [0.5, 0.6) is 0 Å². The molecule has 0 aliphatic carbocycles. The Morgan fingerprint density at radius 3 is 1.89 bits per heavy atom.